The molecule has 0 radical (unpaired) electrons. The topological polar surface area (TPSA) is 110 Å². The van der Waals surface area contributed by atoms with E-state index in [1.807, 2.05) is 0 Å². The molecule has 0 aliphatic heterocycles. The first kappa shape index (κ1) is 20.8. The van der Waals surface area contributed by atoms with E-state index < -0.39 is 12.1 Å². The normalized spacial score (nSPS) is 12.5. The zero-order valence-corrected chi connectivity index (χ0v) is 11.0. The predicted molar refractivity (Wildman–Crippen MR) is 67.8 cm³/mol. The van der Waals surface area contributed by atoms with Gasteiger partial charge in [-0.05, 0) is 13.8 Å². The number of halogens is 2. The van der Waals surface area contributed by atoms with E-state index >= 15 is 0 Å². The summed E-state index contributed by atoms with van der Waals surface area (Å²) in [5.41, 5.74) is 10.6. The van der Waals surface area contributed by atoms with Gasteiger partial charge in [-0.3, -0.25) is 9.59 Å². The van der Waals surface area contributed by atoms with Crippen molar-refractivity contribution in [2.24, 2.45) is 11.5 Å². The van der Waals surface area contributed by atoms with Crippen LogP contribution in [0, 0.1) is 0 Å². The average molecular weight is 275 g/mol. The third kappa shape index (κ3) is 9.97. The molecule has 0 aliphatic rings. The second-order valence-electron chi connectivity index (χ2n) is 3.16. The largest absolute Gasteiger partial charge is 0.353 e. The molecule has 2 atom stereocenters. The fourth-order valence-electron chi connectivity index (χ4n) is 0.693. The summed E-state index contributed by atoms with van der Waals surface area (Å²) in [4.78, 5) is 21.9. The van der Waals surface area contributed by atoms with Gasteiger partial charge in [0.1, 0.15) is 0 Å². The highest BCUT2D eigenvalue weighted by molar-refractivity contribution is 5.85. The number of amides is 2. The number of hydrogen-bond donors (Lipinski definition) is 4. The number of carbonyl (C=O) groups is 2. The lowest BCUT2D eigenvalue weighted by Gasteiger charge is -2.09. The van der Waals surface area contributed by atoms with Gasteiger partial charge in [-0.1, -0.05) is 0 Å². The SMILES string of the molecule is C[C@H](N)C(=O)NCCNC(=O)[C@@H](C)N.Cl.Cl. The standard InChI is InChI=1S/C8H18N4O2.2ClH/c1-5(9)7(13)11-3-4-12-8(14)6(2)10;;/h5-6H,3-4,9-10H2,1-2H3,(H,11,13)(H,12,14);2*1H/t5-,6+;;. The van der Waals surface area contributed by atoms with E-state index in [0.29, 0.717) is 13.1 Å². The second kappa shape index (κ2) is 10.9. The molecule has 0 spiro atoms. The Balaban J connectivity index is -0.000000845. The van der Waals surface area contributed by atoms with Gasteiger partial charge in [-0.15, -0.1) is 24.8 Å². The lowest BCUT2D eigenvalue weighted by atomic mass is 10.3. The van der Waals surface area contributed by atoms with Crippen molar-refractivity contribution in [3.63, 3.8) is 0 Å². The molecular formula is C8H20Cl2N4O2. The van der Waals surface area contributed by atoms with Gasteiger partial charge in [0.25, 0.3) is 0 Å². The summed E-state index contributed by atoms with van der Waals surface area (Å²) in [6.07, 6.45) is 0. The minimum absolute atomic E-state index is 0. The van der Waals surface area contributed by atoms with E-state index in [4.69, 9.17) is 11.5 Å². The van der Waals surface area contributed by atoms with Gasteiger partial charge in [0.05, 0.1) is 12.1 Å². The highest BCUT2D eigenvalue weighted by atomic mass is 35.5. The maximum absolute atomic E-state index is 10.9. The van der Waals surface area contributed by atoms with Crippen molar-refractivity contribution in [1.29, 1.82) is 0 Å². The molecule has 0 saturated heterocycles. The van der Waals surface area contributed by atoms with Crippen LogP contribution in [0.4, 0.5) is 0 Å². The Morgan fingerprint density at radius 3 is 1.38 bits per heavy atom. The first-order valence-corrected chi connectivity index (χ1v) is 4.51. The van der Waals surface area contributed by atoms with Crippen molar-refractivity contribution >= 4 is 36.6 Å². The second-order valence-corrected chi connectivity index (χ2v) is 3.16. The van der Waals surface area contributed by atoms with Gasteiger partial charge in [0.15, 0.2) is 0 Å². The highest BCUT2D eigenvalue weighted by Gasteiger charge is 2.07. The van der Waals surface area contributed by atoms with Crippen molar-refractivity contribution < 1.29 is 9.59 Å². The monoisotopic (exact) mass is 274 g/mol. The van der Waals surface area contributed by atoms with Crippen LogP contribution in [-0.4, -0.2) is 37.0 Å². The first-order chi connectivity index (χ1) is 6.45. The van der Waals surface area contributed by atoms with Gasteiger partial charge < -0.3 is 22.1 Å². The Labute approximate surface area is 108 Å². The zero-order valence-electron chi connectivity index (χ0n) is 9.36. The van der Waals surface area contributed by atoms with Crippen LogP contribution in [0.3, 0.4) is 0 Å². The van der Waals surface area contributed by atoms with E-state index in [-0.39, 0.29) is 36.6 Å². The summed E-state index contributed by atoms with van der Waals surface area (Å²) in [6.45, 7) is 3.91. The molecule has 2 amide bonds. The zero-order chi connectivity index (χ0) is 11.1. The summed E-state index contributed by atoms with van der Waals surface area (Å²) in [6, 6.07) is -1.06. The molecule has 0 rings (SSSR count). The Kier molecular flexibility index (Phi) is 14.2. The maximum atomic E-state index is 10.9. The number of nitrogens with two attached hydrogens (primary N) is 2. The first-order valence-electron chi connectivity index (χ1n) is 4.51. The van der Waals surface area contributed by atoms with Crippen molar-refractivity contribution in [1.82, 2.24) is 10.6 Å². The molecule has 0 heterocycles. The lowest BCUT2D eigenvalue weighted by molar-refractivity contribution is -0.123. The number of nitrogens with one attached hydrogen (secondary N) is 2. The van der Waals surface area contributed by atoms with Crippen LogP contribution >= 0.6 is 24.8 Å². The minimum Gasteiger partial charge on any atom is -0.353 e. The van der Waals surface area contributed by atoms with E-state index in [2.05, 4.69) is 10.6 Å². The molecule has 0 fully saturated rings. The summed E-state index contributed by atoms with van der Waals surface area (Å²) < 4.78 is 0. The van der Waals surface area contributed by atoms with Gasteiger partial charge in [-0.2, -0.15) is 0 Å². The smallest absolute Gasteiger partial charge is 0.236 e. The molecule has 0 aliphatic carbocycles. The van der Waals surface area contributed by atoms with Gasteiger partial charge in [-0.25, -0.2) is 0 Å². The van der Waals surface area contributed by atoms with Gasteiger partial charge >= 0.3 is 0 Å². The van der Waals surface area contributed by atoms with E-state index in [0.717, 1.165) is 0 Å². The molecule has 8 heteroatoms. The molecule has 0 aromatic heterocycles. The van der Waals surface area contributed by atoms with Crippen LogP contribution < -0.4 is 22.1 Å². The van der Waals surface area contributed by atoms with Crippen LogP contribution in [0.15, 0.2) is 0 Å². The summed E-state index contributed by atoms with van der Waals surface area (Å²) in [7, 11) is 0. The average Bonchev–Trinajstić information content (AvgIpc) is 2.11. The molecule has 6 N–H and O–H groups in total. The van der Waals surface area contributed by atoms with Crippen LogP contribution in [0.5, 0.6) is 0 Å². The van der Waals surface area contributed by atoms with E-state index in [9.17, 15) is 9.59 Å². The summed E-state index contributed by atoms with van der Waals surface area (Å²) in [5, 5.41) is 5.11. The van der Waals surface area contributed by atoms with Gasteiger partial charge in [0, 0.05) is 13.1 Å². The number of rotatable bonds is 5. The van der Waals surface area contributed by atoms with Crippen LogP contribution in [0.25, 0.3) is 0 Å². The Morgan fingerprint density at radius 1 is 0.938 bits per heavy atom. The third-order valence-corrected chi connectivity index (χ3v) is 1.55. The van der Waals surface area contributed by atoms with Crippen molar-refractivity contribution in [2.75, 3.05) is 13.1 Å². The molecule has 0 bridgehead atoms. The van der Waals surface area contributed by atoms with E-state index in [1.54, 1.807) is 13.8 Å². The van der Waals surface area contributed by atoms with Crippen molar-refractivity contribution in [2.45, 2.75) is 25.9 Å². The van der Waals surface area contributed by atoms with Crippen LogP contribution in [-0.2, 0) is 9.59 Å². The summed E-state index contributed by atoms with van der Waals surface area (Å²) >= 11 is 0. The van der Waals surface area contributed by atoms with Crippen molar-refractivity contribution in [3.8, 4) is 0 Å². The Bertz CT molecular complexity index is 190. The summed E-state index contributed by atoms with van der Waals surface area (Å²) in [5.74, 6) is -0.472. The Morgan fingerprint density at radius 2 is 1.19 bits per heavy atom. The highest BCUT2D eigenvalue weighted by Crippen LogP contribution is 1.75. The van der Waals surface area contributed by atoms with Crippen LogP contribution in [0.1, 0.15) is 13.8 Å². The third-order valence-electron chi connectivity index (χ3n) is 1.55. The molecular weight excluding hydrogens is 255 g/mol. The van der Waals surface area contributed by atoms with Crippen LogP contribution in [0.2, 0.25) is 0 Å². The lowest BCUT2D eigenvalue weighted by Crippen LogP contribution is -2.44. The molecule has 0 saturated carbocycles. The minimum atomic E-state index is -0.529. The molecule has 6 nitrogen and oxygen atoms in total. The number of carbonyl (C=O) groups excluding carboxylic acids is 2. The fraction of sp³-hybridized carbons (Fsp3) is 0.750. The number of hydrogen-bond acceptors (Lipinski definition) is 4. The van der Waals surface area contributed by atoms with Gasteiger partial charge in [0.2, 0.25) is 11.8 Å². The maximum Gasteiger partial charge on any atom is 0.236 e. The molecule has 98 valence electrons. The van der Waals surface area contributed by atoms with E-state index in [1.165, 1.54) is 0 Å². The molecule has 0 aromatic carbocycles. The molecule has 0 unspecified atom stereocenters. The molecule has 16 heavy (non-hydrogen) atoms. The fourth-order valence-corrected chi connectivity index (χ4v) is 0.693. The molecule has 0 aromatic rings. The Hall–Kier alpha value is -0.560. The predicted octanol–water partition coefficient (Wildman–Crippen LogP) is -1.24. The van der Waals surface area contributed by atoms with Crippen molar-refractivity contribution in [3.05, 3.63) is 0 Å². The quantitative estimate of drug-likeness (QED) is 0.470.